The summed E-state index contributed by atoms with van der Waals surface area (Å²) in [5, 5.41) is 9.99. The first-order valence-corrected chi connectivity index (χ1v) is 19.4. The molecule has 0 unspecified atom stereocenters. The van der Waals surface area contributed by atoms with Crippen molar-refractivity contribution in [2.45, 2.75) is 143 Å². The van der Waals surface area contributed by atoms with Crippen LogP contribution in [0.2, 0.25) is 18.1 Å². The Morgan fingerprint density at radius 3 is 2.02 bits per heavy atom. The molecular weight excluding hydrogens is 556 g/mol. The molecule has 0 spiro atoms. The van der Waals surface area contributed by atoms with Crippen LogP contribution in [0.5, 0.6) is 0 Å². The summed E-state index contributed by atoms with van der Waals surface area (Å²) >= 11 is 0. The van der Waals surface area contributed by atoms with Gasteiger partial charge in [-0.3, -0.25) is 0 Å². The average Bonchev–Trinajstić information content (AvgIpc) is 2.93. The van der Waals surface area contributed by atoms with E-state index in [2.05, 4.69) is 80.6 Å². The first kappa shape index (κ1) is 36.4. The minimum Gasteiger partial charge on any atom is -0.410 e. The van der Waals surface area contributed by atoms with Crippen LogP contribution in [0.25, 0.3) is 0 Å². The van der Waals surface area contributed by atoms with Crippen LogP contribution in [-0.2, 0) is 23.4 Å². The van der Waals surface area contributed by atoms with Crippen molar-refractivity contribution in [3.63, 3.8) is 0 Å². The highest BCUT2D eigenvalue weighted by atomic mass is 28.4. The molecule has 1 N–H and O–H groups in total. The zero-order valence-corrected chi connectivity index (χ0v) is 30.3. The maximum absolute atomic E-state index is 9.94. The van der Waals surface area contributed by atoms with Crippen molar-refractivity contribution in [3.05, 3.63) is 48.0 Å². The summed E-state index contributed by atoms with van der Waals surface area (Å²) in [6, 6.07) is 10.2. The van der Waals surface area contributed by atoms with Crippen molar-refractivity contribution < 1.29 is 28.5 Å². The maximum Gasteiger partial charge on any atom is 0.192 e. The fourth-order valence-corrected chi connectivity index (χ4v) is 7.96. The Hall–Kier alpha value is -1.06. The van der Waals surface area contributed by atoms with Crippen molar-refractivity contribution in [1.29, 1.82) is 0 Å². The van der Waals surface area contributed by atoms with Gasteiger partial charge in [-0.05, 0) is 56.8 Å². The van der Waals surface area contributed by atoms with Crippen LogP contribution >= 0.6 is 0 Å². The highest BCUT2D eigenvalue weighted by Crippen LogP contribution is 2.45. The minimum atomic E-state index is -2.16. The highest BCUT2D eigenvalue weighted by Gasteiger charge is 2.48. The molecular formula is C36H62O6Si. The molecule has 2 heterocycles. The fraction of sp³-hybridized carbons (Fsp3) is 0.778. The molecule has 0 bridgehead atoms. The molecule has 0 radical (unpaired) electrons. The Morgan fingerprint density at radius 2 is 1.49 bits per heavy atom. The SMILES string of the molecule is C=C(C[C@H](C)[C@@H]1OC(C)(C)O[C@H]([C@@H](C)CO)[C@@H]1C)[C@@H](O[Si](C)(C)C(C)(C)C)[C@H](C)[C@H]1O[C@H](c2ccccc2)O[C@H](C)[C@@H]1C. The van der Waals surface area contributed by atoms with Gasteiger partial charge in [-0.15, -0.1) is 0 Å². The van der Waals surface area contributed by atoms with Crippen molar-refractivity contribution in [1.82, 2.24) is 0 Å². The average molecular weight is 619 g/mol. The first-order valence-electron chi connectivity index (χ1n) is 16.5. The summed E-state index contributed by atoms with van der Waals surface area (Å²) in [6.45, 7) is 33.4. The van der Waals surface area contributed by atoms with Gasteiger partial charge < -0.3 is 28.5 Å². The lowest BCUT2D eigenvalue weighted by Crippen LogP contribution is -2.55. The molecule has 43 heavy (non-hydrogen) atoms. The Balaban J connectivity index is 1.90. The summed E-state index contributed by atoms with van der Waals surface area (Å²) in [7, 11) is -2.16. The predicted octanol–water partition coefficient (Wildman–Crippen LogP) is 8.52. The first-order chi connectivity index (χ1) is 19.8. The van der Waals surface area contributed by atoms with Gasteiger partial charge in [0.15, 0.2) is 20.4 Å². The molecule has 2 aliphatic heterocycles. The van der Waals surface area contributed by atoms with Crippen molar-refractivity contribution in [3.8, 4) is 0 Å². The van der Waals surface area contributed by atoms with E-state index in [1.54, 1.807) is 0 Å². The lowest BCUT2D eigenvalue weighted by Gasteiger charge is -2.49. The molecule has 0 amide bonds. The van der Waals surface area contributed by atoms with E-state index in [0.717, 1.165) is 17.6 Å². The van der Waals surface area contributed by atoms with Gasteiger partial charge in [0.2, 0.25) is 0 Å². The molecule has 1 aromatic rings. The standard InChI is InChI=1S/C36H62O6Si/c1-22(30-26(5)31(24(3)21-37)41-36(11,12)40-30)20-23(2)32(42-43(13,14)35(8,9)10)27(6)33-25(4)28(7)38-34(39-33)29-18-16-15-17-19-29/h15-19,22,24-28,30-34,37H,2,20-21H2,1,3-14H3/t22-,24-,25-,26+,27-,28+,30-,31+,32+,33-,34+/m0/s1. The lowest BCUT2D eigenvalue weighted by atomic mass is 9.78. The third kappa shape index (κ3) is 8.60. The van der Waals surface area contributed by atoms with E-state index in [9.17, 15) is 5.11 Å². The van der Waals surface area contributed by atoms with Gasteiger partial charge >= 0.3 is 0 Å². The number of hydrogen-bond acceptors (Lipinski definition) is 6. The second kappa shape index (κ2) is 14.1. The molecule has 246 valence electrons. The summed E-state index contributed by atoms with van der Waals surface area (Å²) in [6.07, 6.45) is 0.0331. The molecule has 1 aromatic carbocycles. The Morgan fingerprint density at radius 1 is 0.930 bits per heavy atom. The number of aliphatic hydroxyl groups excluding tert-OH is 1. The smallest absolute Gasteiger partial charge is 0.192 e. The summed E-state index contributed by atoms with van der Waals surface area (Å²) in [5.74, 6) is -0.141. The van der Waals surface area contributed by atoms with Crippen LogP contribution in [0.3, 0.4) is 0 Å². The second-order valence-corrected chi connectivity index (χ2v) is 20.4. The topological polar surface area (TPSA) is 66.4 Å². The molecule has 11 atom stereocenters. The number of hydrogen-bond donors (Lipinski definition) is 1. The molecule has 2 aliphatic rings. The largest absolute Gasteiger partial charge is 0.410 e. The number of rotatable bonds is 11. The van der Waals surface area contributed by atoms with Gasteiger partial charge in [0.1, 0.15) is 0 Å². The monoisotopic (exact) mass is 618 g/mol. The second-order valence-electron chi connectivity index (χ2n) is 15.6. The van der Waals surface area contributed by atoms with Gasteiger partial charge in [-0.1, -0.05) is 92.3 Å². The minimum absolute atomic E-state index is 0.0254. The molecule has 0 aromatic heterocycles. The summed E-state index contributed by atoms with van der Waals surface area (Å²) in [4.78, 5) is 0. The normalized spacial score (nSPS) is 32.9. The van der Waals surface area contributed by atoms with Crippen molar-refractivity contribution in [2.24, 2.45) is 29.6 Å². The van der Waals surface area contributed by atoms with Crippen LogP contribution in [0.15, 0.2) is 42.5 Å². The van der Waals surface area contributed by atoms with E-state index in [4.69, 9.17) is 30.0 Å². The van der Waals surface area contributed by atoms with Crippen LogP contribution < -0.4 is 0 Å². The quantitative estimate of drug-likeness (QED) is 0.198. The van der Waals surface area contributed by atoms with Gasteiger partial charge in [0, 0.05) is 35.8 Å². The number of ether oxygens (including phenoxy) is 4. The van der Waals surface area contributed by atoms with Gasteiger partial charge in [-0.25, -0.2) is 0 Å². The van der Waals surface area contributed by atoms with Crippen LogP contribution in [0.4, 0.5) is 0 Å². The van der Waals surface area contributed by atoms with E-state index >= 15 is 0 Å². The number of benzene rings is 1. The summed E-state index contributed by atoms with van der Waals surface area (Å²) in [5.41, 5.74) is 2.12. The van der Waals surface area contributed by atoms with Gasteiger partial charge in [-0.2, -0.15) is 0 Å². The van der Waals surface area contributed by atoms with E-state index in [1.165, 1.54) is 0 Å². The third-order valence-corrected chi connectivity index (χ3v) is 14.9. The molecule has 7 heteroatoms. The van der Waals surface area contributed by atoms with Crippen molar-refractivity contribution >= 4 is 8.32 Å². The predicted molar refractivity (Wildman–Crippen MR) is 177 cm³/mol. The Kier molecular flexibility index (Phi) is 12.0. The van der Waals surface area contributed by atoms with Crippen molar-refractivity contribution in [2.75, 3.05) is 6.61 Å². The van der Waals surface area contributed by atoms with E-state index in [0.29, 0.717) is 0 Å². The van der Waals surface area contributed by atoms with E-state index < -0.39 is 20.4 Å². The summed E-state index contributed by atoms with van der Waals surface area (Å²) < 4.78 is 33.3. The van der Waals surface area contributed by atoms with Crippen LogP contribution in [0.1, 0.15) is 94.4 Å². The molecule has 2 fully saturated rings. The highest BCUT2D eigenvalue weighted by molar-refractivity contribution is 6.74. The lowest BCUT2D eigenvalue weighted by molar-refractivity contribution is -0.335. The molecule has 0 aliphatic carbocycles. The van der Waals surface area contributed by atoms with E-state index in [1.807, 2.05) is 39.0 Å². The number of aliphatic hydroxyl groups is 1. The zero-order chi connectivity index (χ0) is 32.5. The Bertz CT molecular complexity index is 1040. The molecule has 2 saturated heterocycles. The van der Waals surface area contributed by atoms with E-state index in [-0.39, 0.29) is 71.8 Å². The molecule has 3 rings (SSSR count). The van der Waals surface area contributed by atoms with Crippen LogP contribution in [0, 0.1) is 29.6 Å². The van der Waals surface area contributed by atoms with Gasteiger partial charge in [0.25, 0.3) is 0 Å². The fourth-order valence-electron chi connectivity index (χ4n) is 6.59. The zero-order valence-electron chi connectivity index (χ0n) is 29.3. The Labute approximate surface area is 264 Å². The van der Waals surface area contributed by atoms with Crippen LogP contribution in [-0.4, -0.2) is 56.3 Å². The third-order valence-electron chi connectivity index (χ3n) is 10.4. The molecule has 6 nitrogen and oxygen atoms in total. The van der Waals surface area contributed by atoms with Gasteiger partial charge in [0.05, 0.1) is 30.5 Å². The maximum atomic E-state index is 9.94. The molecule has 0 saturated carbocycles.